The maximum Gasteiger partial charge on any atom is 0.311 e. The number of carbonyl (C=O) groups is 1. The fraction of sp³-hybridized carbons (Fsp3) is 0.370. The number of pyridine rings is 2. The van der Waals surface area contributed by atoms with Gasteiger partial charge < -0.3 is 14.4 Å². The summed E-state index contributed by atoms with van der Waals surface area (Å²) in [6.45, 7) is 7.17. The van der Waals surface area contributed by atoms with Crippen molar-refractivity contribution < 1.29 is 14.3 Å². The SMILES string of the molecule is CCOC(=O)C(C)(C)CC1Cc2nc(OCc3ccccn3)ccc2N1Cc1ccc(Cl)cc1. The average molecular weight is 480 g/mol. The number of hydrogen-bond donors (Lipinski definition) is 0. The molecule has 34 heavy (non-hydrogen) atoms. The van der Waals surface area contributed by atoms with Crippen LogP contribution in [0, 0.1) is 5.41 Å². The van der Waals surface area contributed by atoms with Crippen LogP contribution in [-0.4, -0.2) is 28.6 Å². The average Bonchev–Trinajstić information content (AvgIpc) is 3.15. The molecule has 0 bridgehead atoms. The van der Waals surface area contributed by atoms with Crippen LogP contribution in [0.1, 0.15) is 44.1 Å². The van der Waals surface area contributed by atoms with Crippen molar-refractivity contribution in [3.05, 3.63) is 82.8 Å². The molecular weight excluding hydrogens is 450 g/mol. The van der Waals surface area contributed by atoms with Gasteiger partial charge in [0.05, 0.1) is 29.1 Å². The van der Waals surface area contributed by atoms with Crippen molar-refractivity contribution in [3.63, 3.8) is 0 Å². The largest absolute Gasteiger partial charge is 0.471 e. The predicted octanol–water partition coefficient (Wildman–Crippen LogP) is 5.62. The van der Waals surface area contributed by atoms with Crippen molar-refractivity contribution in [2.75, 3.05) is 11.5 Å². The number of esters is 1. The van der Waals surface area contributed by atoms with E-state index in [-0.39, 0.29) is 12.0 Å². The van der Waals surface area contributed by atoms with Crippen LogP contribution in [0.15, 0.2) is 60.8 Å². The molecule has 3 aromatic rings. The number of fused-ring (bicyclic) bond motifs is 1. The monoisotopic (exact) mass is 479 g/mol. The van der Waals surface area contributed by atoms with Gasteiger partial charge >= 0.3 is 5.97 Å². The molecule has 0 aliphatic carbocycles. The molecule has 3 heterocycles. The topological polar surface area (TPSA) is 64.5 Å². The quantitative estimate of drug-likeness (QED) is 0.371. The van der Waals surface area contributed by atoms with Gasteiger partial charge in [-0.15, -0.1) is 0 Å². The van der Waals surface area contributed by atoms with E-state index in [9.17, 15) is 4.79 Å². The number of hydrogen-bond acceptors (Lipinski definition) is 6. The standard InChI is InChI=1S/C27H30ClN3O3/c1-4-33-26(32)27(2,3)16-22-15-23-24(31(22)17-19-8-10-20(28)11-9-19)12-13-25(30-23)34-18-21-7-5-6-14-29-21/h5-14,22H,4,15-18H2,1-3H3. The zero-order valence-corrected chi connectivity index (χ0v) is 20.6. The molecule has 1 aromatic carbocycles. The number of aromatic nitrogens is 2. The Morgan fingerprint density at radius 3 is 2.65 bits per heavy atom. The van der Waals surface area contributed by atoms with E-state index in [1.54, 1.807) is 6.20 Å². The van der Waals surface area contributed by atoms with Gasteiger partial charge in [-0.2, -0.15) is 0 Å². The maximum absolute atomic E-state index is 12.6. The van der Waals surface area contributed by atoms with Crippen molar-refractivity contribution in [2.45, 2.75) is 52.8 Å². The molecular formula is C27H30ClN3O3. The molecule has 0 amide bonds. The number of rotatable bonds is 9. The van der Waals surface area contributed by atoms with Crippen molar-refractivity contribution in [3.8, 4) is 5.88 Å². The van der Waals surface area contributed by atoms with Crippen LogP contribution >= 0.6 is 11.6 Å². The lowest BCUT2D eigenvalue weighted by Gasteiger charge is -2.33. The minimum absolute atomic E-state index is 0.101. The minimum atomic E-state index is -0.612. The molecule has 0 N–H and O–H groups in total. The number of benzene rings is 1. The lowest BCUT2D eigenvalue weighted by atomic mass is 9.84. The fourth-order valence-electron chi connectivity index (χ4n) is 4.31. The Kier molecular flexibility index (Phi) is 7.37. The molecule has 0 saturated heterocycles. The molecule has 1 aliphatic heterocycles. The van der Waals surface area contributed by atoms with E-state index in [0.29, 0.717) is 37.1 Å². The molecule has 4 rings (SSSR count). The minimum Gasteiger partial charge on any atom is -0.471 e. The van der Waals surface area contributed by atoms with E-state index in [1.165, 1.54) is 0 Å². The summed E-state index contributed by atoms with van der Waals surface area (Å²) in [6.07, 6.45) is 3.13. The highest BCUT2D eigenvalue weighted by Gasteiger charge is 2.39. The first-order valence-electron chi connectivity index (χ1n) is 11.6. The van der Waals surface area contributed by atoms with Gasteiger partial charge in [-0.1, -0.05) is 29.8 Å². The van der Waals surface area contributed by atoms with Crippen LogP contribution in [-0.2, 0) is 29.1 Å². The maximum atomic E-state index is 12.6. The first-order chi connectivity index (χ1) is 16.4. The van der Waals surface area contributed by atoms with Crippen LogP contribution in [0.4, 0.5) is 5.69 Å². The summed E-state index contributed by atoms with van der Waals surface area (Å²) in [5.74, 6) is 0.394. The third kappa shape index (κ3) is 5.68. The number of halogens is 1. The molecule has 1 aliphatic rings. The van der Waals surface area contributed by atoms with Gasteiger partial charge in [0.15, 0.2) is 0 Å². The normalized spacial score (nSPS) is 15.2. The Bertz CT molecular complexity index is 1120. The number of nitrogens with zero attached hydrogens (tertiary/aromatic N) is 3. The van der Waals surface area contributed by atoms with Gasteiger partial charge in [-0.05, 0) is 63.1 Å². The molecule has 7 heteroatoms. The predicted molar refractivity (Wildman–Crippen MR) is 133 cm³/mol. The van der Waals surface area contributed by atoms with Gasteiger partial charge in [0.25, 0.3) is 0 Å². The van der Waals surface area contributed by atoms with Crippen LogP contribution in [0.3, 0.4) is 0 Å². The Morgan fingerprint density at radius 2 is 1.94 bits per heavy atom. The van der Waals surface area contributed by atoms with Gasteiger partial charge in [0.2, 0.25) is 5.88 Å². The highest BCUT2D eigenvalue weighted by Crippen LogP contribution is 2.39. The zero-order chi connectivity index (χ0) is 24.1. The fourth-order valence-corrected chi connectivity index (χ4v) is 4.44. The molecule has 0 saturated carbocycles. The molecule has 1 unspecified atom stereocenters. The Labute approximate surface area is 205 Å². The van der Waals surface area contributed by atoms with Crippen LogP contribution in [0.2, 0.25) is 5.02 Å². The second kappa shape index (κ2) is 10.4. The van der Waals surface area contributed by atoms with E-state index >= 15 is 0 Å². The second-order valence-electron chi connectivity index (χ2n) is 9.15. The van der Waals surface area contributed by atoms with Gasteiger partial charge in [-0.25, -0.2) is 4.98 Å². The lowest BCUT2D eigenvalue weighted by Crippen LogP contribution is -2.39. The molecule has 6 nitrogen and oxygen atoms in total. The Morgan fingerprint density at radius 1 is 1.15 bits per heavy atom. The highest BCUT2D eigenvalue weighted by atomic mass is 35.5. The van der Waals surface area contributed by atoms with Crippen LogP contribution in [0.5, 0.6) is 5.88 Å². The van der Waals surface area contributed by atoms with Gasteiger partial charge in [0, 0.05) is 36.3 Å². The summed E-state index contributed by atoms with van der Waals surface area (Å²) < 4.78 is 11.2. The number of carbonyl (C=O) groups excluding carboxylic acids is 1. The van der Waals surface area contributed by atoms with Crippen molar-refractivity contribution in [1.29, 1.82) is 0 Å². The summed E-state index contributed by atoms with van der Waals surface area (Å²) in [5, 5.41) is 0.710. The molecule has 1 atom stereocenters. The van der Waals surface area contributed by atoms with Gasteiger partial charge in [0.1, 0.15) is 6.61 Å². The van der Waals surface area contributed by atoms with Crippen molar-refractivity contribution >= 4 is 23.3 Å². The summed E-state index contributed by atoms with van der Waals surface area (Å²) in [5.41, 5.74) is 3.41. The zero-order valence-electron chi connectivity index (χ0n) is 19.8. The number of anilines is 1. The smallest absolute Gasteiger partial charge is 0.311 e. The van der Waals surface area contributed by atoms with E-state index in [1.807, 2.05) is 69.3 Å². The number of ether oxygens (including phenoxy) is 2. The van der Waals surface area contributed by atoms with Crippen LogP contribution < -0.4 is 9.64 Å². The lowest BCUT2D eigenvalue weighted by molar-refractivity contribution is -0.154. The van der Waals surface area contributed by atoms with Crippen LogP contribution in [0.25, 0.3) is 0 Å². The van der Waals surface area contributed by atoms with E-state index in [0.717, 1.165) is 29.1 Å². The Balaban J connectivity index is 1.56. The first-order valence-corrected chi connectivity index (χ1v) is 11.9. The molecule has 0 radical (unpaired) electrons. The molecule has 2 aromatic heterocycles. The third-order valence-electron chi connectivity index (χ3n) is 6.04. The molecule has 0 spiro atoms. The second-order valence-corrected chi connectivity index (χ2v) is 9.58. The van der Waals surface area contributed by atoms with E-state index in [2.05, 4.69) is 16.0 Å². The summed E-state index contributed by atoms with van der Waals surface area (Å²) in [6, 6.07) is 17.7. The molecule has 0 fully saturated rings. The highest BCUT2D eigenvalue weighted by molar-refractivity contribution is 6.30. The van der Waals surface area contributed by atoms with E-state index < -0.39 is 5.41 Å². The van der Waals surface area contributed by atoms with Crippen molar-refractivity contribution in [1.82, 2.24) is 9.97 Å². The van der Waals surface area contributed by atoms with Gasteiger partial charge in [-0.3, -0.25) is 9.78 Å². The Hall–Kier alpha value is -3.12. The first kappa shape index (κ1) is 24.0. The summed E-state index contributed by atoms with van der Waals surface area (Å²) >= 11 is 6.09. The summed E-state index contributed by atoms with van der Waals surface area (Å²) in [7, 11) is 0. The van der Waals surface area contributed by atoms with E-state index in [4.69, 9.17) is 26.1 Å². The third-order valence-corrected chi connectivity index (χ3v) is 6.29. The van der Waals surface area contributed by atoms with Crippen molar-refractivity contribution in [2.24, 2.45) is 5.41 Å². The summed E-state index contributed by atoms with van der Waals surface area (Å²) in [4.78, 5) is 24.0. The molecule has 178 valence electrons.